The van der Waals surface area contributed by atoms with Gasteiger partial charge in [0.25, 0.3) is 5.91 Å². The number of carbonyl (C=O) groups is 3. The fraction of sp³-hybridized carbons (Fsp3) is 0.192. The van der Waals surface area contributed by atoms with E-state index in [9.17, 15) is 14.4 Å². The highest BCUT2D eigenvalue weighted by molar-refractivity contribution is 6.49. The number of ketones is 2. The van der Waals surface area contributed by atoms with Crippen LogP contribution in [-0.4, -0.2) is 38.8 Å². The number of hydrogen-bond acceptors (Lipinski definition) is 6. The van der Waals surface area contributed by atoms with Gasteiger partial charge in [0.05, 0.1) is 27.4 Å². The molecule has 7 heteroatoms. The number of benzene rings is 3. The molecule has 3 aromatic carbocycles. The Labute approximate surface area is 191 Å². The first-order valence-corrected chi connectivity index (χ1v) is 10.3. The van der Waals surface area contributed by atoms with Gasteiger partial charge in [-0.3, -0.25) is 19.3 Å². The van der Waals surface area contributed by atoms with E-state index in [1.807, 2.05) is 0 Å². The van der Waals surface area contributed by atoms with Crippen LogP contribution in [0.2, 0.25) is 0 Å². The zero-order valence-corrected chi connectivity index (χ0v) is 18.5. The first kappa shape index (κ1) is 22.1. The standard InChI is InChI=1S/C26H23NO6/c1-31-19-10-4-16(5-11-19)23-22(24(28)17-6-12-20(32-2)13-7-17)25(29)26(30)27(23)18-8-14-21(33-3)15-9-18/h4-15,22-23H,1-3H3. The summed E-state index contributed by atoms with van der Waals surface area (Å²) in [6.45, 7) is 0. The van der Waals surface area contributed by atoms with E-state index < -0.39 is 29.4 Å². The molecule has 0 N–H and O–H groups in total. The normalized spacial score (nSPS) is 17.7. The zero-order chi connectivity index (χ0) is 23.5. The summed E-state index contributed by atoms with van der Waals surface area (Å²) in [5, 5.41) is 0. The van der Waals surface area contributed by atoms with Crippen LogP contribution in [0.1, 0.15) is 22.0 Å². The molecule has 0 radical (unpaired) electrons. The third-order valence-corrected chi connectivity index (χ3v) is 5.77. The minimum Gasteiger partial charge on any atom is -0.497 e. The first-order chi connectivity index (χ1) is 16.0. The Hall–Kier alpha value is -4.13. The molecule has 4 rings (SSSR count). The van der Waals surface area contributed by atoms with Gasteiger partial charge in [-0.15, -0.1) is 0 Å². The predicted octanol–water partition coefficient (Wildman–Crippen LogP) is 3.87. The van der Waals surface area contributed by atoms with Crippen LogP contribution >= 0.6 is 0 Å². The van der Waals surface area contributed by atoms with Crippen LogP contribution in [0, 0.1) is 5.92 Å². The van der Waals surface area contributed by atoms with Gasteiger partial charge < -0.3 is 14.2 Å². The fourth-order valence-electron chi connectivity index (χ4n) is 4.03. The smallest absolute Gasteiger partial charge is 0.295 e. The molecule has 33 heavy (non-hydrogen) atoms. The molecular formula is C26H23NO6. The van der Waals surface area contributed by atoms with Crippen molar-refractivity contribution < 1.29 is 28.6 Å². The molecule has 0 saturated carbocycles. The summed E-state index contributed by atoms with van der Waals surface area (Å²) >= 11 is 0. The van der Waals surface area contributed by atoms with Crippen LogP contribution in [-0.2, 0) is 9.59 Å². The topological polar surface area (TPSA) is 82.1 Å². The molecule has 0 spiro atoms. The monoisotopic (exact) mass is 445 g/mol. The summed E-state index contributed by atoms with van der Waals surface area (Å²) in [5.74, 6) is -1.26. The fourth-order valence-corrected chi connectivity index (χ4v) is 4.03. The maximum atomic E-state index is 13.5. The third-order valence-electron chi connectivity index (χ3n) is 5.77. The van der Waals surface area contributed by atoms with Crippen molar-refractivity contribution in [1.29, 1.82) is 0 Å². The minimum atomic E-state index is -1.19. The van der Waals surface area contributed by atoms with Crippen LogP contribution in [0.15, 0.2) is 72.8 Å². The molecule has 1 saturated heterocycles. The maximum Gasteiger partial charge on any atom is 0.295 e. The number of hydrogen-bond donors (Lipinski definition) is 0. The lowest BCUT2D eigenvalue weighted by Crippen LogP contribution is -2.30. The van der Waals surface area contributed by atoms with Crippen LogP contribution in [0.4, 0.5) is 5.69 Å². The lowest BCUT2D eigenvalue weighted by molar-refractivity contribution is -0.135. The Balaban J connectivity index is 1.81. The van der Waals surface area contributed by atoms with Crippen LogP contribution in [0.5, 0.6) is 17.2 Å². The molecule has 1 amide bonds. The molecule has 168 valence electrons. The van der Waals surface area contributed by atoms with Crippen molar-refractivity contribution in [1.82, 2.24) is 0 Å². The second-order valence-electron chi connectivity index (χ2n) is 7.53. The van der Waals surface area contributed by atoms with Crippen molar-refractivity contribution >= 4 is 23.2 Å². The highest BCUT2D eigenvalue weighted by Crippen LogP contribution is 2.42. The number of anilines is 1. The van der Waals surface area contributed by atoms with Gasteiger partial charge in [-0.25, -0.2) is 0 Å². The number of Topliss-reactive ketones (excluding diaryl/α,β-unsaturated/α-hetero) is 2. The first-order valence-electron chi connectivity index (χ1n) is 10.3. The Kier molecular flexibility index (Phi) is 6.13. The van der Waals surface area contributed by atoms with Gasteiger partial charge >= 0.3 is 0 Å². The van der Waals surface area contributed by atoms with Crippen molar-refractivity contribution in [2.75, 3.05) is 26.2 Å². The van der Waals surface area contributed by atoms with E-state index in [1.165, 1.54) is 12.0 Å². The van der Waals surface area contributed by atoms with Gasteiger partial charge in [0.2, 0.25) is 5.78 Å². The van der Waals surface area contributed by atoms with E-state index in [2.05, 4.69) is 0 Å². The SMILES string of the molecule is COc1ccc(C(=O)C2C(=O)C(=O)N(c3ccc(OC)cc3)C2c2ccc(OC)cc2)cc1. The molecule has 1 fully saturated rings. The van der Waals surface area contributed by atoms with Gasteiger partial charge in [-0.05, 0) is 66.2 Å². The highest BCUT2D eigenvalue weighted by atomic mass is 16.5. The number of carbonyl (C=O) groups excluding carboxylic acids is 3. The van der Waals surface area contributed by atoms with Crippen LogP contribution in [0.25, 0.3) is 0 Å². The van der Waals surface area contributed by atoms with Crippen LogP contribution in [0.3, 0.4) is 0 Å². The molecule has 0 aromatic heterocycles. The van der Waals surface area contributed by atoms with Gasteiger partial charge in [0.15, 0.2) is 5.78 Å². The van der Waals surface area contributed by atoms with Crippen molar-refractivity contribution in [3.05, 3.63) is 83.9 Å². The molecule has 0 bridgehead atoms. The largest absolute Gasteiger partial charge is 0.497 e. The van der Waals surface area contributed by atoms with Gasteiger partial charge in [0.1, 0.15) is 23.2 Å². The van der Waals surface area contributed by atoms with E-state index in [1.54, 1.807) is 87.0 Å². The Morgan fingerprint density at radius 2 is 1.15 bits per heavy atom. The second kappa shape index (κ2) is 9.16. The summed E-state index contributed by atoms with van der Waals surface area (Å²) in [6, 6.07) is 19.5. The van der Waals surface area contributed by atoms with Crippen molar-refractivity contribution in [3.8, 4) is 17.2 Å². The lowest BCUT2D eigenvalue weighted by Gasteiger charge is -2.27. The number of nitrogens with zero attached hydrogens (tertiary/aromatic N) is 1. The summed E-state index contributed by atoms with van der Waals surface area (Å²) in [4.78, 5) is 41.2. The molecule has 7 nitrogen and oxygen atoms in total. The molecule has 2 unspecified atom stereocenters. The summed E-state index contributed by atoms with van der Waals surface area (Å²) < 4.78 is 15.6. The summed E-state index contributed by atoms with van der Waals surface area (Å²) in [5.41, 5.74) is 1.48. The molecule has 1 aliphatic rings. The summed E-state index contributed by atoms with van der Waals surface area (Å²) in [7, 11) is 4.63. The molecule has 1 heterocycles. The van der Waals surface area contributed by atoms with Crippen molar-refractivity contribution in [2.24, 2.45) is 5.92 Å². The Morgan fingerprint density at radius 1 is 0.697 bits per heavy atom. The minimum absolute atomic E-state index is 0.331. The molecule has 1 aliphatic heterocycles. The molecule has 2 atom stereocenters. The van der Waals surface area contributed by atoms with Gasteiger partial charge in [-0.2, -0.15) is 0 Å². The highest BCUT2D eigenvalue weighted by Gasteiger charge is 2.52. The molecule has 3 aromatic rings. The van der Waals surface area contributed by atoms with E-state index in [0.717, 1.165) is 0 Å². The van der Waals surface area contributed by atoms with Crippen LogP contribution < -0.4 is 19.1 Å². The van der Waals surface area contributed by atoms with E-state index in [0.29, 0.717) is 34.1 Å². The number of ether oxygens (including phenoxy) is 3. The summed E-state index contributed by atoms with van der Waals surface area (Å²) in [6.07, 6.45) is 0. The predicted molar refractivity (Wildman–Crippen MR) is 122 cm³/mol. The van der Waals surface area contributed by atoms with E-state index in [-0.39, 0.29) is 0 Å². The van der Waals surface area contributed by atoms with Gasteiger partial charge in [-0.1, -0.05) is 12.1 Å². The van der Waals surface area contributed by atoms with Crippen molar-refractivity contribution in [2.45, 2.75) is 6.04 Å². The number of methoxy groups -OCH3 is 3. The third kappa shape index (κ3) is 4.05. The molecule has 0 aliphatic carbocycles. The maximum absolute atomic E-state index is 13.5. The van der Waals surface area contributed by atoms with Gasteiger partial charge in [0, 0.05) is 11.3 Å². The van der Waals surface area contributed by atoms with E-state index >= 15 is 0 Å². The number of amides is 1. The zero-order valence-electron chi connectivity index (χ0n) is 18.5. The van der Waals surface area contributed by atoms with E-state index in [4.69, 9.17) is 14.2 Å². The quantitative estimate of drug-likeness (QED) is 0.312. The lowest BCUT2D eigenvalue weighted by atomic mass is 9.86. The van der Waals surface area contributed by atoms with Crippen molar-refractivity contribution in [3.63, 3.8) is 0 Å². The average Bonchev–Trinajstić information content (AvgIpc) is 3.14. The Morgan fingerprint density at radius 3 is 1.64 bits per heavy atom. The second-order valence-corrected chi connectivity index (χ2v) is 7.53. The number of rotatable bonds is 7. The average molecular weight is 445 g/mol. The molecular weight excluding hydrogens is 422 g/mol. The Bertz CT molecular complexity index is 1170.